The molecule has 5 rings (SSSR count). The predicted octanol–water partition coefficient (Wildman–Crippen LogP) is 4.87. The summed E-state index contributed by atoms with van der Waals surface area (Å²) >= 11 is 0. The molecule has 0 aliphatic carbocycles. The fourth-order valence-electron chi connectivity index (χ4n) is 5.31. The number of aromatic hydroxyl groups is 1. The minimum atomic E-state index is -0.422. The van der Waals surface area contributed by atoms with E-state index < -0.39 is 5.97 Å². The molecule has 1 fully saturated rings. The molecule has 3 aromatic carbocycles. The molecule has 0 unspecified atom stereocenters. The molecule has 1 amide bonds. The molecule has 9 nitrogen and oxygen atoms in total. The molecule has 1 aliphatic heterocycles. The molecule has 0 bridgehead atoms. The summed E-state index contributed by atoms with van der Waals surface area (Å²) in [5.74, 6) is -0.400. The first-order valence-electron chi connectivity index (χ1n) is 14.4. The van der Waals surface area contributed by atoms with Crippen molar-refractivity contribution in [2.45, 2.75) is 26.8 Å². The predicted molar refractivity (Wildman–Crippen MR) is 166 cm³/mol. The second-order valence-electron chi connectivity index (χ2n) is 10.6. The van der Waals surface area contributed by atoms with Gasteiger partial charge < -0.3 is 25.0 Å². The van der Waals surface area contributed by atoms with Crippen LogP contribution < -0.4 is 10.2 Å². The number of nitrogens with zero attached hydrogens (tertiary/aromatic N) is 3. The van der Waals surface area contributed by atoms with E-state index in [2.05, 4.69) is 15.2 Å². The van der Waals surface area contributed by atoms with Crippen LogP contribution in [0.1, 0.15) is 42.3 Å². The number of ether oxygens (including phenoxy) is 1. The fourth-order valence-corrected chi connectivity index (χ4v) is 5.31. The van der Waals surface area contributed by atoms with E-state index in [1.54, 1.807) is 25.1 Å². The molecule has 0 spiro atoms. The van der Waals surface area contributed by atoms with Crippen LogP contribution in [-0.4, -0.2) is 78.0 Å². The van der Waals surface area contributed by atoms with Gasteiger partial charge in [0.25, 0.3) is 0 Å². The maximum absolute atomic E-state index is 13.3. The van der Waals surface area contributed by atoms with Gasteiger partial charge in [0.1, 0.15) is 0 Å². The number of H-pyrrole nitrogens is 1. The lowest BCUT2D eigenvalue weighted by atomic mass is 10.00. The van der Waals surface area contributed by atoms with Gasteiger partial charge in [-0.3, -0.25) is 9.69 Å². The summed E-state index contributed by atoms with van der Waals surface area (Å²) in [6.45, 7) is 9.96. The van der Waals surface area contributed by atoms with Crippen molar-refractivity contribution in [3.8, 4) is 5.88 Å². The first-order chi connectivity index (χ1) is 20.4. The molecule has 9 heteroatoms. The molecule has 1 aromatic heterocycles. The van der Waals surface area contributed by atoms with Gasteiger partial charge >= 0.3 is 5.97 Å². The van der Waals surface area contributed by atoms with E-state index in [9.17, 15) is 14.7 Å². The Balaban J connectivity index is 1.49. The summed E-state index contributed by atoms with van der Waals surface area (Å²) in [5.41, 5.74) is 4.41. The summed E-state index contributed by atoms with van der Waals surface area (Å²) < 4.78 is 5.13. The van der Waals surface area contributed by atoms with Crippen LogP contribution in [0.15, 0.2) is 77.8 Å². The topological polar surface area (TPSA) is 110 Å². The standard InChI is InChI=1S/C33H37N5O4/c1-4-42-33(41)24-10-15-27-28(20-24)36-32(40)30(27)31(23-8-6-5-7-9-23)35-25-11-13-26(14-12-25)38(22(2)3)29(39)21-37-18-16-34-17-19-37/h5-15,20,22,34,36,40H,4,16-19,21H2,1-3H3. The Kier molecular flexibility index (Phi) is 9.00. The van der Waals surface area contributed by atoms with Crippen LogP contribution in [0.25, 0.3) is 10.9 Å². The number of carbonyl (C=O) groups excluding carboxylic acids is 2. The van der Waals surface area contributed by atoms with Crippen LogP contribution in [-0.2, 0) is 9.53 Å². The van der Waals surface area contributed by atoms with E-state index >= 15 is 0 Å². The highest BCUT2D eigenvalue weighted by Gasteiger charge is 2.23. The molecule has 218 valence electrons. The number of aliphatic imine (C=N–C) groups is 1. The summed E-state index contributed by atoms with van der Waals surface area (Å²) in [6.07, 6.45) is 0. The molecule has 3 N–H and O–H groups in total. The van der Waals surface area contributed by atoms with Crippen LogP contribution in [0.3, 0.4) is 0 Å². The van der Waals surface area contributed by atoms with Gasteiger partial charge in [-0.15, -0.1) is 0 Å². The lowest BCUT2D eigenvalue weighted by Crippen LogP contribution is -2.49. The lowest BCUT2D eigenvalue weighted by molar-refractivity contribution is -0.120. The molecule has 0 saturated carbocycles. The van der Waals surface area contributed by atoms with E-state index in [1.165, 1.54) is 0 Å². The Morgan fingerprint density at radius 1 is 1.00 bits per heavy atom. The first kappa shape index (κ1) is 29.0. The number of piperazine rings is 1. The van der Waals surface area contributed by atoms with E-state index in [0.29, 0.717) is 34.6 Å². The number of aromatic amines is 1. The minimum absolute atomic E-state index is 0.00249. The number of esters is 1. The minimum Gasteiger partial charge on any atom is -0.494 e. The zero-order chi connectivity index (χ0) is 29.6. The number of carbonyl (C=O) groups is 2. The zero-order valence-electron chi connectivity index (χ0n) is 24.3. The second-order valence-corrected chi connectivity index (χ2v) is 10.6. The third-order valence-corrected chi connectivity index (χ3v) is 7.30. The average molecular weight is 568 g/mol. The molecular weight excluding hydrogens is 530 g/mol. The van der Waals surface area contributed by atoms with Crippen LogP contribution in [0.2, 0.25) is 0 Å². The number of nitrogens with one attached hydrogen (secondary N) is 2. The molecular formula is C33H37N5O4. The summed E-state index contributed by atoms with van der Waals surface area (Å²) in [7, 11) is 0. The normalized spacial score (nSPS) is 14.3. The molecule has 4 aromatic rings. The number of rotatable bonds is 9. The van der Waals surface area contributed by atoms with Crippen molar-refractivity contribution in [2.24, 2.45) is 4.99 Å². The molecule has 42 heavy (non-hydrogen) atoms. The number of anilines is 1. The van der Waals surface area contributed by atoms with Crippen LogP contribution in [0.4, 0.5) is 11.4 Å². The highest BCUT2D eigenvalue weighted by Crippen LogP contribution is 2.33. The summed E-state index contributed by atoms with van der Waals surface area (Å²) in [4.78, 5) is 37.6. The highest BCUT2D eigenvalue weighted by atomic mass is 16.5. The van der Waals surface area contributed by atoms with Gasteiger partial charge in [-0.1, -0.05) is 36.4 Å². The number of amides is 1. The number of benzene rings is 3. The van der Waals surface area contributed by atoms with Gasteiger partial charge in [0.15, 0.2) is 5.88 Å². The number of aromatic nitrogens is 1. The SMILES string of the molecule is CCOC(=O)c1ccc2c(C(=Nc3ccc(N(C(=O)CN4CCNCC4)C(C)C)cc3)c3ccccc3)c(O)[nH]c2c1. The van der Waals surface area contributed by atoms with Gasteiger partial charge in [-0.2, -0.15) is 0 Å². The van der Waals surface area contributed by atoms with E-state index in [4.69, 9.17) is 9.73 Å². The quantitative estimate of drug-likeness (QED) is 0.197. The third kappa shape index (κ3) is 6.37. The van der Waals surface area contributed by atoms with Crippen LogP contribution in [0, 0.1) is 0 Å². The van der Waals surface area contributed by atoms with Gasteiger partial charge in [-0.05, 0) is 57.2 Å². The molecule has 0 atom stereocenters. The molecule has 1 saturated heterocycles. The monoisotopic (exact) mass is 567 g/mol. The van der Waals surface area contributed by atoms with Gasteiger partial charge in [-0.25, -0.2) is 9.79 Å². The van der Waals surface area contributed by atoms with Crippen molar-refractivity contribution >= 4 is 39.9 Å². The largest absolute Gasteiger partial charge is 0.494 e. The van der Waals surface area contributed by atoms with Crippen molar-refractivity contribution < 1.29 is 19.4 Å². The lowest BCUT2D eigenvalue weighted by Gasteiger charge is -2.32. The number of fused-ring (bicyclic) bond motifs is 1. The van der Waals surface area contributed by atoms with Crippen molar-refractivity contribution in [1.29, 1.82) is 0 Å². The molecule has 2 heterocycles. The average Bonchev–Trinajstić information content (AvgIpc) is 3.32. The van der Waals surface area contributed by atoms with Crippen molar-refractivity contribution in [1.82, 2.24) is 15.2 Å². The Bertz CT molecular complexity index is 1570. The van der Waals surface area contributed by atoms with E-state index in [0.717, 1.165) is 42.8 Å². The van der Waals surface area contributed by atoms with Gasteiger partial charge in [0.05, 0.1) is 35.7 Å². The zero-order valence-corrected chi connectivity index (χ0v) is 24.3. The van der Waals surface area contributed by atoms with Crippen molar-refractivity contribution in [2.75, 3.05) is 44.2 Å². The Hall–Kier alpha value is -4.47. The Morgan fingerprint density at radius 3 is 2.38 bits per heavy atom. The van der Waals surface area contributed by atoms with Crippen molar-refractivity contribution in [3.63, 3.8) is 0 Å². The highest BCUT2D eigenvalue weighted by molar-refractivity contribution is 6.22. The van der Waals surface area contributed by atoms with E-state index in [1.807, 2.05) is 73.3 Å². The second kappa shape index (κ2) is 13.0. The molecule has 1 aliphatic rings. The number of hydrogen-bond donors (Lipinski definition) is 3. The van der Waals surface area contributed by atoms with Gasteiger partial charge in [0.2, 0.25) is 5.91 Å². The smallest absolute Gasteiger partial charge is 0.338 e. The maximum atomic E-state index is 13.3. The Morgan fingerprint density at radius 2 is 1.71 bits per heavy atom. The van der Waals surface area contributed by atoms with Crippen molar-refractivity contribution in [3.05, 3.63) is 89.5 Å². The summed E-state index contributed by atoms with van der Waals surface area (Å²) in [6, 6.07) is 22.4. The van der Waals surface area contributed by atoms with Crippen LogP contribution in [0.5, 0.6) is 5.88 Å². The van der Waals surface area contributed by atoms with Gasteiger partial charge in [0, 0.05) is 54.4 Å². The Labute approximate surface area is 245 Å². The third-order valence-electron chi connectivity index (χ3n) is 7.30. The molecule has 0 radical (unpaired) electrons. The fraction of sp³-hybridized carbons (Fsp3) is 0.303. The van der Waals surface area contributed by atoms with E-state index in [-0.39, 0.29) is 24.4 Å². The van der Waals surface area contributed by atoms with Crippen LogP contribution >= 0.6 is 0 Å². The summed E-state index contributed by atoms with van der Waals surface area (Å²) in [5, 5.41) is 15.1. The number of hydrogen-bond acceptors (Lipinski definition) is 7. The first-order valence-corrected chi connectivity index (χ1v) is 14.4. The maximum Gasteiger partial charge on any atom is 0.338 e.